The first-order valence-electron chi connectivity index (χ1n) is 8.05. The van der Waals surface area contributed by atoms with Crippen molar-refractivity contribution in [2.24, 2.45) is 0 Å². The van der Waals surface area contributed by atoms with E-state index in [1.165, 1.54) is 12.1 Å². The number of amides is 2. The van der Waals surface area contributed by atoms with Crippen molar-refractivity contribution >= 4 is 39.9 Å². The molecule has 0 unspecified atom stereocenters. The van der Waals surface area contributed by atoms with E-state index < -0.39 is 11.7 Å². The third-order valence-corrected chi connectivity index (χ3v) is 4.09. The summed E-state index contributed by atoms with van der Waals surface area (Å²) in [5, 5.41) is 7.41. The predicted molar refractivity (Wildman–Crippen MR) is 101 cm³/mol. The standard InChI is InChI=1S/C20H16ClFN2O2/c21-16-7-8-18(17(22)12-16)24-19(25)9-10-23-20(26)15-6-5-13-3-1-2-4-14(13)11-15/h1-8,11-12H,9-10H2,(H,23,26)(H,24,25). The van der Waals surface area contributed by atoms with Gasteiger partial charge in [0.2, 0.25) is 5.91 Å². The maximum Gasteiger partial charge on any atom is 0.251 e. The molecule has 0 spiro atoms. The van der Waals surface area contributed by atoms with Crippen LogP contribution in [0.25, 0.3) is 10.8 Å². The van der Waals surface area contributed by atoms with Crippen LogP contribution < -0.4 is 10.6 Å². The Bertz CT molecular complexity index is 975. The van der Waals surface area contributed by atoms with Crippen LogP contribution in [0.4, 0.5) is 10.1 Å². The Morgan fingerprint density at radius 3 is 2.50 bits per heavy atom. The highest BCUT2D eigenvalue weighted by molar-refractivity contribution is 6.30. The van der Waals surface area contributed by atoms with Gasteiger partial charge in [0.05, 0.1) is 5.69 Å². The molecule has 3 aromatic carbocycles. The summed E-state index contributed by atoms with van der Waals surface area (Å²) in [5.74, 6) is -1.27. The number of nitrogens with one attached hydrogen (secondary N) is 2. The number of hydrogen-bond acceptors (Lipinski definition) is 2. The third kappa shape index (κ3) is 4.37. The van der Waals surface area contributed by atoms with Crippen molar-refractivity contribution in [2.75, 3.05) is 11.9 Å². The highest BCUT2D eigenvalue weighted by atomic mass is 35.5. The van der Waals surface area contributed by atoms with Crippen LogP contribution >= 0.6 is 11.6 Å². The minimum absolute atomic E-state index is 0.0292. The predicted octanol–water partition coefficient (Wildman–Crippen LogP) is 4.39. The molecule has 4 nitrogen and oxygen atoms in total. The van der Waals surface area contributed by atoms with E-state index in [1.54, 1.807) is 12.1 Å². The second kappa shape index (κ2) is 7.97. The lowest BCUT2D eigenvalue weighted by molar-refractivity contribution is -0.116. The lowest BCUT2D eigenvalue weighted by Gasteiger charge is -2.08. The first kappa shape index (κ1) is 17.9. The van der Waals surface area contributed by atoms with Crippen molar-refractivity contribution in [3.63, 3.8) is 0 Å². The number of carbonyl (C=O) groups excluding carboxylic acids is 2. The van der Waals surface area contributed by atoms with Crippen LogP contribution in [0.2, 0.25) is 5.02 Å². The maximum atomic E-state index is 13.6. The lowest BCUT2D eigenvalue weighted by Crippen LogP contribution is -2.27. The van der Waals surface area contributed by atoms with E-state index >= 15 is 0 Å². The minimum Gasteiger partial charge on any atom is -0.352 e. The fourth-order valence-corrected chi connectivity index (χ4v) is 2.68. The summed E-state index contributed by atoms with van der Waals surface area (Å²) in [6.45, 7) is 0.146. The van der Waals surface area contributed by atoms with Gasteiger partial charge in [0.15, 0.2) is 0 Å². The molecule has 0 aliphatic rings. The van der Waals surface area contributed by atoms with E-state index in [4.69, 9.17) is 11.6 Å². The topological polar surface area (TPSA) is 58.2 Å². The Morgan fingerprint density at radius 1 is 0.962 bits per heavy atom. The van der Waals surface area contributed by atoms with Gasteiger partial charge in [-0.15, -0.1) is 0 Å². The highest BCUT2D eigenvalue weighted by Gasteiger charge is 2.10. The fourth-order valence-electron chi connectivity index (χ4n) is 2.53. The summed E-state index contributed by atoms with van der Waals surface area (Å²) in [5.41, 5.74) is 0.577. The van der Waals surface area contributed by atoms with Gasteiger partial charge < -0.3 is 10.6 Å². The van der Waals surface area contributed by atoms with Gasteiger partial charge >= 0.3 is 0 Å². The van der Waals surface area contributed by atoms with Gasteiger partial charge in [0.25, 0.3) is 5.91 Å². The summed E-state index contributed by atoms with van der Waals surface area (Å²) >= 11 is 5.67. The molecule has 0 heterocycles. The van der Waals surface area contributed by atoms with Gasteiger partial charge in [-0.1, -0.05) is 41.9 Å². The van der Waals surface area contributed by atoms with Crippen LogP contribution in [-0.4, -0.2) is 18.4 Å². The van der Waals surface area contributed by atoms with Crippen LogP contribution in [0.1, 0.15) is 16.8 Å². The van der Waals surface area contributed by atoms with Crippen molar-refractivity contribution < 1.29 is 14.0 Å². The van der Waals surface area contributed by atoms with Crippen LogP contribution in [0.5, 0.6) is 0 Å². The molecule has 0 fully saturated rings. The van der Waals surface area contributed by atoms with E-state index in [0.29, 0.717) is 5.56 Å². The summed E-state index contributed by atoms with van der Waals surface area (Å²) < 4.78 is 13.6. The number of carbonyl (C=O) groups is 2. The first-order valence-corrected chi connectivity index (χ1v) is 8.42. The molecule has 6 heteroatoms. The van der Waals surface area contributed by atoms with E-state index in [2.05, 4.69) is 10.6 Å². The second-order valence-corrected chi connectivity index (χ2v) is 6.18. The van der Waals surface area contributed by atoms with Gasteiger partial charge in [0.1, 0.15) is 5.82 Å². The molecule has 0 saturated heterocycles. The van der Waals surface area contributed by atoms with Crippen molar-refractivity contribution in [3.8, 4) is 0 Å². The van der Waals surface area contributed by atoms with Gasteiger partial charge in [-0.25, -0.2) is 4.39 Å². The summed E-state index contributed by atoms with van der Waals surface area (Å²) in [7, 11) is 0. The van der Waals surface area contributed by atoms with Gasteiger partial charge in [-0.05, 0) is 41.1 Å². The Labute approximate surface area is 155 Å². The van der Waals surface area contributed by atoms with Crippen molar-refractivity contribution in [1.29, 1.82) is 0 Å². The average Bonchev–Trinajstić information content (AvgIpc) is 2.63. The van der Waals surface area contributed by atoms with Gasteiger partial charge in [-0.2, -0.15) is 0 Å². The zero-order valence-corrected chi connectivity index (χ0v) is 14.5. The summed E-state index contributed by atoms with van der Waals surface area (Å²) in [6.07, 6.45) is 0.0292. The zero-order valence-electron chi connectivity index (χ0n) is 13.8. The molecule has 0 aliphatic carbocycles. The second-order valence-electron chi connectivity index (χ2n) is 5.74. The monoisotopic (exact) mass is 370 g/mol. The molecule has 2 amide bonds. The van der Waals surface area contributed by atoms with Crippen molar-refractivity contribution in [1.82, 2.24) is 5.32 Å². The van der Waals surface area contributed by atoms with E-state index in [-0.39, 0.29) is 29.6 Å². The van der Waals surface area contributed by atoms with E-state index in [1.807, 2.05) is 30.3 Å². The average molecular weight is 371 g/mol. The number of hydrogen-bond donors (Lipinski definition) is 2. The molecule has 0 saturated carbocycles. The molecule has 3 rings (SSSR count). The number of benzene rings is 3. The smallest absolute Gasteiger partial charge is 0.251 e. The SMILES string of the molecule is O=C(CCNC(=O)c1ccc2ccccc2c1)Nc1ccc(Cl)cc1F. The Hall–Kier alpha value is -2.92. The molecule has 0 radical (unpaired) electrons. The summed E-state index contributed by atoms with van der Waals surface area (Å²) in [4.78, 5) is 24.1. The number of fused-ring (bicyclic) bond motifs is 1. The fraction of sp³-hybridized carbons (Fsp3) is 0.100. The van der Waals surface area contributed by atoms with E-state index in [0.717, 1.165) is 16.8 Å². The normalized spacial score (nSPS) is 10.5. The quantitative estimate of drug-likeness (QED) is 0.699. The maximum absolute atomic E-state index is 13.6. The molecular formula is C20H16ClFN2O2. The van der Waals surface area contributed by atoms with Gasteiger partial charge in [0, 0.05) is 23.6 Å². The molecule has 2 N–H and O–H groups in total. The third-order valence-electron chi connectivity index (χ3n) is 3.85. The Kier molecular flexibility index (Phi) is 5.49. The largest absolute Gasteiger partial charge is 0.352 e. The Morgan fingerprint density at radius 2 is 1.73 bits per heavy atom. The number of anilines is 1. The Balaban J connectivity index is 1.53. The molecule has 0 aliphatic heterocycles. The van der Waals surface area contributed by atoms with Crippen molar-refractivity contribution in [2.45, 2.75) is 6.42 Å². The first-order chi connectivity index (χ1) is 12.5. The van der Waals surface area contributed by atoms with Crippen LogP contribution in [-0.2, 0) is 4.79 Å². The molecular weight excluding hydrogens is 355 g/mol. The van der Waals surface area contributed by atoms with Crippen LogP contribution in [0.15, 0.2) is 60.7 Å². The molecule has 0 aromatic heterocycles. The van der Waals surface area contributed by atoms with Gasteiger partial charge in [-0.3, -0.25) is 9.59 Å². The van der Waals surface area contributed by atoms with E-state index in [9.17, 15) is 14.0 Å². The minimum atomic E-state index is -0.606. The molecule has 3 aromatic rings. The van der Waals surface area contributed by atoms with Crippen molar-refractivity contribution in [3.05, 3.63) is 77.1 Å². The highest BCUT2D eigenvalue weighted by Crippen LogP contribution is 2.19. The molecule has 0 bridgehead atoms. The van der Waals surface area contributed by atoms with Crippen LogP contribution in [0, 0.1) is 5.82 Å². The lowest BCUT2D eigenvalue weighted by atomic mass is 10.1. The summed E-state index contributed by atoms with van der Waals surface area (Å²) in [6, 6.07) is 17.2. The molecule has 132 valence electrons. The number of rotatable bonds is 5. The molecule has 0 atom stereocenters. The number of halogens is 2. The van der Waals surface area contributed by atoms with Crippen LogP contribution in [0.3, 0.4) is 0 Å². The zero-order chi connectivity index (χ0) is 18.5. The molecule has 26 heavy (non-hydrogen) atoms.